The average Bonchev–Trinajstić information content (AvgIpc) is 2.02. The van der Waals surface area contributed by atoms with Gasteiger partial charge in [0.05, 0.1) is 5.69 Å². The van der Waals surface area contributed by atoms with Gasteiger partial charge in [0, 0.05) is 11.5 Å². The van der Waals surface area contributed by atoms with Crippen molar-refractivity contribution in [1.29, 1.82) is 0 Å². The van der Waals surface area contributed by atoms with Crippen molar-refractivity contribution in [3.05, 3.63) is 34.1 Å². The summed E-state index contributed by atoms with van der Waals surface area (Å²) in [7, 11) is 0. The zero-order valence-corrected chi connectivity index (χ0v) is 8.66. The molecule has 0 saturated carbocycles. The number of nitrogens with one attached hydrogen (secondary N) is 1. The summed E-state index contributed by atoms with van der Waals surface area (Å²) in [5.41, 5.74) is 5.70. The summed E-state index contributed by atoms with van der Waals surface area (Å²) in [4.78, 5) is 18.1. The fourth-order valence-electron chi connectivity index (χ4n) is 1.03. The van der Waals surface area contributed by atoms with Crippen LogP contribution in [0.25, 0.3) is 6.08 Å². The topological polar surface area (TPSA) is 71.8 Å². The quantitative estimate of drug-likeness (QED) is 0.698. The highest BCUT2D eigenvalue weighted by Gasteiger charge is 2.16. The molecule has 0 atom stereocenters. The third-order valence-corrected chi connectivity index (χ3v) is 1.78. The maximum Gasteiger partial charge on any atom is 0.251 e. The van der Waals surface area contributed by atoms with E-state index in [9.17, 15) is 4.79 Å². The lowest BCUT2D eigenvalue weighted by Crippen LogP contribution is -2.20. The first-order valence-electron chi connectivity index (χ1n) is 4.43. The summed E-state index contributed by atoms with van der Waals surface area (Å²) < 4.78 is 0. The Morgan fingerprint density at radius 1 is 1.50 bits per heavy atom. The van der Waals surface area contributed by atoms with Crippen LogP contribution in [0.15, 0.2) is 17.1 Å². The minimum atomic E-state index is -0.155. The zero-order valence-electron chi connectivity index (χ0n) is 8.66. The SMILES string of the molecule is CC(C)(C)c1cc(=O)[nH]c(C=CN)n1. The van der Waals surface area contributed by atoms with Crippen molar-refractivity contribution in [2.75, 3.05) is 0 Å². The summed E-state index contributed by atoms with van der Waals surface area (Å²) in [5, 5.41) is 0. The molecule has 0 spiro atoms. The highest BCUT2D eigenvalue weighted by atomic mass is 16.1. The third-order valence-electron chi connectivity index (χ3n) is 1.78. The molecule has 4 nitrogen and oxygen atoms in total. The Kier molecular flexibility index (Phi) is 2.74. The van der Waals surface area contributed by atoms with E-state index in [1.165, 1.54) is 12.3 Å². The molecule has 0 unspecified atom stereocenters. The predicted molar refractivity (Wildman–Crippen MR) is 56.8 cm³/mol. The van der Waals surface area contributed by atoms with E-state index in [-0.39, 0.29) is 11.0 Å². The fraction of sp³-hybridized carbons (Fsp3) is 0.400. The number of nitrogens with two attached hydrogens (primary N) is 1. The maximum absolute atomic E-state index is 11.3. The van der Waals surface area contributed by atoms with Gasteiger partial charge >= 0.3 is 0 Å². The fourth-order valence-corrected chi connectivity index (χ4v) is 1.03. The standard InChI is InChI=1S/C10H15N3O/c1-10(2,3)7-6-9(14)13-8(12-7)4-5-11/h4-6H,11H2,1-3H3,(H,12,13,14). The number of aromatic amines is 1. The van der Waals surface area contributed by atoms with E-state index in [0.29, 0.717) is 5.82 Å². The Morgan fingerprint density at radius 3 is 2.64 bits per heavy atom. The molecular weight excluding hydrogens is 178 g/mol. The maximum atomic E-state index is 11.3. The molecule has 0 aliphatic carbocycles. The van der Waals surface area contributed by atoms with Crippen molar-refractivity contribution in [3.8, 4) is 0 Å². The van der Waals surface area contributed by atoms with Gasteiger partial charge in [0.1, 0.15) is 5.82 Å². The lowest BCUT2D eigenvalue weighted by molar-refractivity contribution is 0.564. The van der Waals surface area contributed by atoms with E-state index >= 15 is 0 Å². The second-order valence-corrected chi connectivity index (χ2v) is 4.12. The number of rotatable bonds is 1. The smallest absolute Gasteiger partial charge is 0.251 e. The first kappa shape index (κ1) is 10.5. The van der Waals surface area contributed by atoms with Crippen LogP contribution in [0.3, 0.4) is 0 Å². The van der Waals surface area contributed by atoms with Gasteiger partial charge in [0.25, 0.3) is 5.56 Å². The molecule has 0 radical (unpaired) electrons. The van der Waals surface area contributed by atoms with E-state index in [4.69, 9.17) is 5.73 Å². The summed E-state index contributed by atoms with van der Waals surface area (Å²) >= 11 is 0. The van der Waals surface area contributed by atoms with Gasteiger partial charge in [0.15, 0.2) is 0 Å². The van der Waals surface area contributed by atoms with Gasteiger partial charge < -0.3 is 10.7 Å². The average molecular weight is 193 g/mol. The molecule has 0 amide bonds. The molecule has 1 heterocycles. The Morgan fingerprint density at radius 2 is 2.14 bits per heavy atom. The zero-order chi connectivity index (χ0) is 10.8. The molecule has 14 heavy (non-hydrogen) atoms. The van der Waals surface area contributed by atoms with Gasteiger partial charge in [-0.15, -0.1) is 0 Å². The molecule has 0 aliphatic rings. The second-order valence-electron chi connectivity index (χ2n) is 4.12. The highest BCUT2D eigenvalue weighted by molar-refractivity contribution is 5.39. The molecule has 76 valence electrons. The highest BCUT2D eigenvalue weighted by Crippen LogP contribution is 2.18. The lowest BCUT2D eigenvalue weighted by atomic mass is 9.92. The van der Waals surface area contributed by atoms with Crippen molar-refractivity contribution >= 4 is 6.08 Å². The lowest BCUT2D eigenvalue weighted by Gasteiger charge is -2.17. The van der Waals surface area contributed by atoms with E-state index in [2.05, 4.69) is 9.97 Å². The Bertz CT molecular complexity index is 399. The van der Waals surface area contributed by atoms with Gasteiger partial charge in [-0.3, -0.25) is 4.79 Å². The van der Waals surface area contributed by atoms with Crippen molar-refractivity contribution in [1.82, 2.24) is 9.97 Å². The molecule has 4 heteroatoms. The van der Waals surface area contributed by atoms with Crippen LogP contribution < -0.4 is 11.3 Å². The Labute approximate surface area is 82.9 Å². The minimum Gasteiger partial charge on any atom is -0.404 e. The summed E-state index contributed by atoms with van der Waals surface area (Å²) in [6.45, 7) is 6.01. The summed E-state index contributed by atoms with van der Waals surface area (Å²) in [6.07, 6.45) is 2.92. The molecule has 0 aliphatic heterocycles. The molecule has 0 aromatic carbocycles. The number of aromatic nitrogens is 2. The van der Waals surface area contributed by atoms with Crippen LogP contribution in [0.1, 0.15) is 32.3 Å². The second kappa shape index (κ2) is 3.65. The van der Waals surface area contributed by atoms with Gasteiger partial charge in [-0.1, -0.05) is 20.8 Å². The van der Waals surface area contributed by atoms with Gasteiger partial charge in [-0.2, -0.15) is 0 Å². The molecule has 0 saturated heterocycles. The van der Waals surface area contributed by atoms with E-state index in [0.717, 1.165) is 5.69 Å². The monoisotopic (exact) mass is 193 g/mol. The normalized spacial score (nSPS) is 12.2. The van der Waals surface area contributed by atoms with Crippen molar-refractivity contribution in [2.24, 2.45) is 5.73 Å². The van der Waals surface area contributed by atoms with Gasteiger partial charge in [-0.05, 0) is 12.3 Å². The Hall–Kier alpha value is -1.58. The molecule has 0 bridgehead atoms. The molecular formula is C10H15N3O. The van der Waals surface area contributed by atoms with Crippen LogP contribution >= 0.6 is 0 Å². The Balaban J connectivity index is 3.28. The van der Waals surface area contributed by atoms with Crippen molar-refractivity contribution in [3.63, 3.8) is 0 Å². The third kappa shape index (κ3) is 2.45. The minimum absolute atomic E-state index is 0.133. The predicted octanol–water partition coefficient (Wildman–Crippen LogP) is 0.997. The number of hydrogen-bond donors (Lipinski definition) is 2. The van der Waals surface area contributed by atoms with E-state index in [1.54, 1.807) is 6.08 Å². The largest absolute Gasteiger partial charge is 0.404 e. The summed E-state index contributed by atoms with van der Waals surface area (Å²) in [6, 6.07) is 1.51. The number of hydrogen-bond acceptors (Lipinski definition) is 3. The molecule has 3 N–H and O–H groups in total. The van der Waals surface area contributed by atoms with Gasteiger partial charge in [0.2, 0.25) is 0 Å². The van der Waals surface area contributed by atoms with E-state index < -0.39 is 0 Å². The number of H-pyrrole nitrogens is 1. The van der Waals surface area contributed by atoms with Crippen molar-refractivity contribution in [2.45, 2.75) is 26.2 Å². The van der Waals surface area contributed by atoms with Crippen LogP contribution in [-0.2, 0) is 5.41 Å². The van der Waals surface area contributed by atoms with Crippen LogP contribution in [0.4, 0.5) is 0 Å². The van der Waals surface area contributed by atoms with Crippen LogP contribution in [-0.4, -0.2) is 9.97 Å². The van der Waals surface area contributed by atoms with Crippen molar-refractivity contribution < 1.29 is 0 Å². The first-order valence-corrected chi connectivity index (χ1v) is 4.43. The molecule has 1 aromatic heterocycles. The van der Waals surface area contributed by atoms with Crippen LogP contribution in [0, 0.1) is 0 Å². The molecule has 0 fully saturated rings. The molecule has 1 aromatic rings. The first-order chi connectivity index (χ1) is 6.43. The van der Waals surface area contributed by atoms with Gasteiger partial charge in [-0.25, -0.2) is 4.98 Å². The molecule has 1 rings (SSSR count). The van der Waals surface area contributed by atoms with Crippen LogP contribution in [0.2, 0.25) is 0 Å². The van der Waals surface area contributed by atoms with E-state index in [1.807, 2.05) is 20.8 Å². The summed E-state index contributed by atoms with van der Waals surface area (Å²) in [5.74, 6) is 0.491. The number of nitrogens with zero attached hydrogens (tertiary/aromatic N) is 1. The van der Waals surface area contributed by atoms with Crippen LogP contribution in [0.5, 0.6) is 0 Å².